The molecule has 25 heavy (non-hydrogen) atoms. The van der Waals surface area contributed by atoms with Crippen LogP contribution in [0, 0.1) is 0 Å². The summed E-state index contributed by atoms with van der Waals surface area (Å²) in [4.78, 5) is 12.1. The molecule has 138 valence electrons. The summed E-state index contributed by atoms with van der Waals surface area (Å²) in [5, 5.41) is 3.42. The van der Waals surface area contributed by atoms with Crippen molar-refractivity contribution in [2.24, 2.45) is 0 Å². The van der Waals surface area contributed by atoms with Crippen LogP contribution in [0.2, 0.25) is 5.02 Å². The van der Waals surface area contributed by atoms with Crippen LogP contribution in [0.3, 0.4) is 0 Å². The van der Waals surface area contributed by atoms with Crippen molar-refractivity contribution in [3.63, 3.8) is 0 Å². The Morgan fingerprint density at radius 1 is 1.20 bits per heavy atom. The van der Waals surface area contributed by atoms with Crippen LogP contribution < -0.4 is 10.1 Å². The molecule has 7 heteroatoms. The minimum atomic E-state index is -3.00. The molecule has 3 rings (SSSR count). The van der Waals surface area contributed by atoms with Crippen LogP contribution in [0.25, 0.3) is 0 Å². The van der Waals surface area contributed by atoms with E-state index >= 15 is 0 Å². The number of benzene rings is 1. The largest absolute Gasteiger partial charge is 0.483 e. The number of sulfone groups is 1. The van der Waals surface area contributed by atoms with Crippen LogP contribution in [0.5, 0.6) is 5.75 Å². The zero-order chi connectivity index (χ0) is 17.9. The maximum absolute atomic E-state index is 12.1. The molecule has 0 spiro atoms. The van der Waals surface area contributed by atoms with Gasteiger partial charge in [0.05, 0.1) is 11.5 Å². The van der Waals surface area contributed by atoms with Crippen LogP contribution in [-0.4, -0.2) is 38.5 Å². The topological polar surface area (TPSA) is 72.5 Å². The smallest absolute Gasteiger partial charge is 0.258 e. The highest BCUT2D eigenvalue weighted by Gasteiger charge is 2.29. The average Bonchev–Trinajstić information content (AvgIpc) is 2.93. The predicted molar refractivity (Wildman–Crippen MR) is 98.0 cm³/mol. The SMILES string of the molecule is O=C(COc1ccc(Cl)cc1C1CCCCC1)N[C@H]1CCS(=O)(=O)C1. The third-order valence-electron chi connectivity index (χ3n) is 4.97. The molecule has 1 atom stereocenters. The van der Waals surface area contributed by atoms with E-state index < -0.39 is 9.84 Å². The number of carbonyl (C=O) groups is 1. The molecule has 0 aromatic heterocycles. The van der Waals surface area contributed by atoms with Crippen molar-refractivity contribution in [3.05, 3.63) is 28.8 Å². The van der Waals surface area contributed by atoms with Gasteiger partial charge in [-0.05, 0) is 48.9 Å². The fourth-order valence-electron chi connectivity index (χ4n) is 3.70. The van der Waals surface area contributed by atoms with Gasteiger partial charge in [0.15, 0.2) is 16.4 Å². The number of amides is 1. The Hall–Kier alpha value is -1.27. The van der Waals surface area contributed by atoms with Gasteiger partial charge in [0.1, 0.15) is 5.75 Å². The summed E-state index contributed by atoms with van der Waals surface area (Å²) in [6, 6.07) is 5.22. The molecule has 0 radical (unpaired) electrons. The number of carbonyl (C=O) groups excluding carboxylic acids is 1. The van der Waals surface area contributed by atoms with E-state index in [0.29, 0.717) is 23.1 Å². The lowest BCUT2D eigenvalue weighted by atomic mass is 9.84. The van der Waals surface area contributed by atoms with Gasteiger partial charge in [0.25, 0.3) is 5.91 Å². The molecule has 0 unspecified atom stereocenters. The Labute approximate surface area is 154 Å². The lowest BCUT2D eigenvalue weighted by molar-refractivity contribution is -0.123. The molecule has 1 saturated heterocycles. The first kappa shape index (κ1) is 18.5. The van der Waals surface area contributed by atoms with E-state index in [1.165, 1.54) is 19.3 Å². The molecule has 1 heterocycles. The maximum atomic E-state index is 12.1. The monoisotopic (exact) mass is 385 g/mol. The van der Waals surface area contributed by atoms with E-state index in [2.05, 4.69) is 5.32 Å². The van der Waals surface area contributed by atoms with Crippen LogP contribution in [-0.2, 0) is 14.6 Å². The molecule has 1 aromatic rings. The second kappa shape index (κ2) is 7.96. The zero-order valence-electron chi connectivity index (χ0n) is 14.2. The number of hydrogen-bond acceptors (Lipinski definition) is 4. The Balaban J connectivity index is 1.60. The summed E-state index contributed by atoms with van der Waals surface area (Å²) in [6.07, 6.45) is 6.37. The molecular formula is C18H24ClNO4S. The highest BCUT2D eigenvalue weighted by atomic mass is 35.5. The van der Waals surface area contributed by atoms with Crippen molar-refractivity contribution in [2.75, 3.05) is 18.1 Å². The van der Waals surface area contributed by atoms with E-state index in [1.54, 1.807) is 6.07 Å². The van der Waals surface area contributed by atoms with E-state index in [-0.39, 0.29) is 30.1 Å². The summed E-state index contributed by atoms with van der Waals surface area (Å²) in [7, 11) is -3.00. The van der Waals surface area contributed by atoms with Gasteiger partial charge in [-0.2, -0.15) is 0 Å². The lowest BCUT2D eigenvalue weighted by Crippen LogP contribution is -2.38. The molecule has 2 fully saturated rings. The molecule has 1 N–H and O–H groups in total. The standard InChI is InChI=1S/C18H24ClNO4S/c19-14-6-7-17(16(10-14)13-4-2-1-3-5-13)24-11-18(21)20-15-8-9-25(22,23)12-15/h6-7,10,13,15H,1-5,8-9,11-12H2,(H,20,21)/t15-/m0/s1. The van der Waals surface area contributed by atoms with Crippen molar-refractivity contribution in [2.45, 2.75) is 50.5 Å². The predicted octanol–water partition coefficient (Wildman–Crippen LogP) is 3.07. The Morgan fingerprint density at radius 2 is 1.96 bits per heavy atom. The fraction of sp³-hybridized carbons (Fsp3) is 0.611. The first-order chi connectivity index (χ1) is 11.9. The van der Waals surface area contributed by atoms with E-state index in [4.69, 9.17) is 16.3 Å². The second-order valence-electron chi connectivity index (χ2n) is 6.97. The highest BCUT2D eigenvalue weighted by molar-refractivity contribution is 7.91. The Kier molecular flexibility index (Phi) is 5.89. The van der Waals surface area contributed by atoms with Crippen molar-refractivity contribution in [1.82, 2.24) is 5.32 Å². The van der Waals surface area contributed by atoms with Gasteiger partial charge >= 0.3 is 0 Å². The molecule has 1 aliphatic carbocycles. The number of hydrogen-bond donors (Lipinski definition) is 1. The van der Waals surface area contributed by atoms with Crippen molar-refractivity contribution in [3.8, 4) is 5.75 Å². The summed E-state index contributed by atoms with van der Waals surface area (Å²) in [6.45, 7) is -0.113. The van der Waals surface area contributed by atoms with Crippen LogP contribution >= 0.6 is 11.6 Å². The van der Waals surface area contributed by atoms with Gasteiger partial charge in [0.2, 0.25) is 0 Å². The van der Waals surface area contributed by atoms with Gasteiger partial charge in [-0.25, -0.2) is 8.42 Å². The van der Waals surface area contributed by atoms with Gasteiger partial charge < -0.3 is 10.1 Å². The van der Waals surface area contributed by atoms with E-state index in [1.807, 2.05) is 12.1 Å². The minimum Gasteiger partial charge on any atom is -0.483 e. The van der Waals surface area contributed by atoms with Crippen LogP contribution in [0.15, 0.2) is 18.2 Å². The third kappa shape index (κ3) is 5.11. The van der Waals surface area contributed by atoms with Crippen molar-refractivity contribution in [1.29, 1.82) is 0 Å². The summed E-state index contributed by atoms with van der Waals surface area (Å²) >= 11 is 6.15. The molecule has 1 saturated carbocycles. The highest BCUT2D eigenvalue weighted by Crippen LogP contribution is 2.38. The quantitative estimate of drug-likeness (QED) is 0.845. The molecule has 0 bridgehead atoms. The first-order valence-electron chi connectivity index (χ1n) is 8.85. The van der Waals surface area contributed by atoms with E-state index in [9.17, 15) is 13.2 Å². The first-order valence-corrected chi connectivity index (χ1v) is 11.0. The molecular weight excluding hydrogens is 362 g/mol. The Bertz CT molecular complexity index is 729. The number of halogens is 1. The molecule has 2 aliphatic rings. The molecule has 1 aliphatic heterocycles. The number of ether oxygens (including phenoxy) is 1. The maximum Gasteiger partial charge on any atom is 0.258 e. The molecule has 1 aromatic carbocycles. The van der Waals surface area contributed by atoms with Crippen molar-refractivity contribution >= 4 is 27.3 Å². The average molecular weight is 386 g/mol. The van der Waals surface area contributed by atoms with Gasteiger partial charge in [-0.1, -0.05) is 30.9 Å². The fourth-order valence-corrected chi connectivity index (χ4v) is 5.56. The zero-order valence-corrected chi connectivity index (χ0v) is 15.7. The number of rotatable bonds is 5. The number of nitrogens with one attached hydrogen (secondary N) is 1. The van der Waals surface area contributed by atoms with Crippen LogP contribution in [0.1, 0.15) is 50.0 Å². The Morgan fingerprint density at radius 3 is 2.64 bits per heavy atom. The normalized spacial score (nSPS) is 23.3. The summed E-state index contributed by atoms with van der Waals surface area (Å²) in [5.74, 6) is 0.997. The minimum absolute atomic E-state index is 0.0208. The third-order valence-corrected chi connectivity index (χ3v) is 6.98. The summed E-state index contributed by atoms with van der Waals surface area (Å²) in [5.41, 5.74) is 1.07. The molecule has 1 amide bonds. The second-order valence-corrected chi connectivity index (χ2v) is 9.64. The van der Waals surface area contributed by atoms with Gasteiger partial charge in [-0.15, -0.1) is 0 Å². The van der Waals surface area contributed by atoms with Crippen LogP contribution in [0.4, 0.5) is 0 Å². The van der Waals surface area contributed by atoms with Gasteiger partial charge in [-0.3, -0.25) is 4.79 Å². The van der Waals surface area contributed by atoms with Crippen molar-refractivity contribution < 1.29 is 17.9 Å². The summed E-state index contributed by atoms with van der Waals surface area (Å²) < 4.78 is 28.7. The lowest BCUT2D eigenvalue weighted by Gasteiger charge is -2.24. The van der Waals surface area contributed by atoms with Gasteiger partial charge in [0, 0.05) is 11.1 Å². The molecule has 5 nitrogen and oxygen atoms in total. The van der Waals surface area contributed by atoms with E-state index in [0.717, 1.165) is 18.4 Å².